The lowest BCUT2D eigenvalue weighted by molar-refractivity contribution is 1.02. The van der Waals surface area contributed by atoms with Gasteiger partial charge in [-0.25, -0.2) is 0 Å². The van der Waals surface area contributed by atoms with Gasteiger partial charge in [-0.3, -0.25) is 15.0 Å². The van der Waals surface area contributed by atoms with Crippen LogP contribution in [0.3, 0.4) is 0 Å². The number of hydrogen-bond donors (Lipinski definition) is 1. The standard InChI is InChI=1S/C8H12N2.C8H8N2.C7H8BrN/c2*1-6-3-8(5-9)4-7(2)10-6;1-5-3-7(8)4-6(2)9-5/h3-4H,5,9H2,1-2H3;3-4H,1-2H3;3-4H,1-2H3. The van der Waals surface area contributed by atoms with E-state index in [0.717, 1.165) is 44.2 Å². The van der Waals surface area contributed by atoms with Crippen LogP contribution in [0.25, 0.3) is 0 Å². The zero-order chi connectivity index (χ0) is 22.0. The Bertz CT molecular complexity index is 902. The molecule has 0 aromatic carbocycles. The van der Waals surface area contributed by atoms with Gasteiger partial charge in [0.05, 0.1) is 11.6 Å². The van der Waals surface area contributed by atoms with Gasteiger partial charge in [-0.1, -0.05) is 15.9 Å². The molecule has 0 radical (unpaired) electrons. The summed E-state index contributed by atoms with van der Waals surface area (Å²) in [6.45, 7) is 12.3. The molecule has 0 saturated carbocycles. The molecule has 0 aliphatic carbocycles. The van der Waals surface area contributed by atoms with E-state index in [1.807, 2.05) is 65.8 Å². The van der Waals surface area contributed by atoms with Crippen molar-refractivity contribution in [3.05, 3.63) is 86.2 Å². The van der Waals surface area contributed by atoms with Crippen molar-refractivity contribution < 1.29 is 0 Å². The summed E-state index contributed by atoms with van der Waals surface area (Å²) < 4.78 is 1.10. The second kappa shape index (κ2) is 12.1. The molecule has 0 saturated heterocycles. The molecular formula is C23H28BrN5. The maximum absolute atomic E-state index is 8.51. The first-order valence-electron chi connectivity index (χ1n) is 9.23. The molecule has 0 aliphatic rings. The van der Waals surface area contributed by atoms with Gasteiger partial charge in [0.2, 0.25) is 0 Å². The van der Waals surface area contributed by atoms with Gasteiger partial charge >= 0.3 is 0 Å². The van der Waals surface area contributed by atoms with Crippen molar-refractivity contribution >= 4 is 15.9 Å². The predicted octanol–water partition coefficient (Wildman–Crippen LogP) is 5.19. The number of rotatable bonds is 1. The van der Waals surface area contributed by atoms with Gasteiger partial charge in [0.1, 0.15) is 0 Å². The average Bonchev–Trinajstić information content (AvgIpc) is 2.60. The van der Waals surface area contributed by atoms with E-state index in [0.29, 0.717) is 12.1 Å². The highest BCUT2D eigenvalue weighted by molar-refractivity contribution is 9.10. The van der Waals surface area contributed by atoms with Gasteiger partial charge in [0, 0.05) is 45.2 Å². The smallest absolute Gasteiger partial charge is 0.0992 e. The molecule has 152 valence electrons. The summed E-state index contributed by atoms with van der Waals surface area (Å²) in [4.78, 5) is 12.6. The van der Waals surface area contributed by atoms with Crippen LogP contribution in [-0.2, 0) is 6.54 Å². The lowest BCUT2D eigenvalue weighted by Gasteiger charge is -1.99. The lowest BCUT2D eigenvalue weighted by Crippen LogP contribution is -1.98. The van der Waals surface area contributed by atoms with Crippen molar-refractivity contribution in [1.29, 1.82) is 5.26 Å². The van der Waals surface area contributed by atoms with Crippen molar-refractivity contribution in [3.8, 4) is 6.07 Å². The molecule has 3 aromatic heterocycles. The zero-order valence-electron chi connectivity index (χ0n) is 17.9. The van der Waals surface area contributed by atoms with Gasteiger partial charge < -0.3 is 5.73 Å². The molecule has 0 fully saturated rings. The molecule has 29 heavy (non-hydrogen) atoms. The van der Waals surface area contributed by atoms with Gasteiger partial charge in [0.25, 0.3) is 0 Å². The minimum absolute atomic E-state index is 0.601. The minimum atomic E-state index is 0.601. The number of hydrogen-bond acceptors (Lipinski definition) is 5. The SMILES string of the molecule is Cc1cc(Br)cc(C)n1.Cc1cc(C#N)cc(C)n1.Cc1cc(CN)cc(C)n1. The number of pyridine rings is 3. The number of halogens is 1. The van der Waals surface area contributed by atoms with Crippen molar-refractivity contribution in [2.75, 3.05) is 0 Å². The number of nitrogens with two attached hydrogens (primary N) is 1. The van der Waals surface area contributed by atoms with Crippen LogP contribution in [0.2, 0.25) is 0 Å². The number of aryl methyl sites for hydroxylation is 6. The average molecular weight is 454 g/mol. The molecule has 3 aromatic rings. The summed E-state index contributed by atoms with van der Waals surface area (Å²) in [7, 11) is 0. The third kappa shape index (κ3) is 9.93. The Balaban J connectivity index is 0.000000218. The second-order valence-electron chi connectivity index (χ2n) is 6.78. The molecule has 2 N–H and O–H groups in total. The Labute approximate surface area is 182 Å². The molecular weight excluding hydrogens is 426 g/mol. The summed E-state index contributed by atoms with van der Waals surface area (Å²) in [5, 5.41) is 8.51. The van der Waals surface area contributed by atoms with E-state index >= 15 is 0 Å². The third-order valence-corrected chi connectivity index (χ3v) is 4.09. The normalized spacial score (nSPS) is 9.48. The zero-order valence-corrected chi connectivity index (χ0v) is 19.5. The quantitative estimate of drug-likeness (QED) is 0.547. The van der Waals surface area contributed by atoms with E-state index in [2.05, 4.69) is 37.0 Å². The highest BCUT2D eigenvalue weighted by Gasteiger charge is 1.94. The van der Waals surface area contributed by atoms with E-state index in [-0.39, 0.29) is 0 Å². The summed E-state index contributed by atoms with van der Waals surface area (Å²) in [5.74, 6) is 0. The predicted molar refractivity (Wildman–Crippen MR) is 121 cm³/mol. The Hall–Kier alpha value is -2.62. The van der Waals surface area contributed by atoms with Crippen molar-refractivity contribution in [2.24, 2.45) is 5.73 Å². The topological polar surface area (TPSA) is 88.5 Å². The highest BCUT2D eigenvalue weighted by Crippen LogP contribution is 2.10. The maximum Gasteiger partial charge on any atom is 0.0992 e. The second-order valence-corrected chi connectivity index (χ2v) is 7.70. The minimum Gasteiger partial charge on any atom is -0.326 e. The van der Waals surface area contributed by atoms with Crippen LogP contribution in [0, 0.1) is 52.9 Å². The molecule has 3 rings (SSSR count). The summed E-state index contributed by atoms with van der Waals surface area (Å²) in [6, 6.07) is 13.6. The number of nitrogens with zero attached hydrogens (tertiary/aromatic N) is 4. The molecule has 5 nitrogen and oxygen atoms in total. The Morgan fingerprint density at radius 2 is 1.07 bits per heavy atom. The third-order valence-electron chi connectivity index (χ3n) is 3.63. The Morgan fingerprint density at radius 1 is 0.724 bits per heavy atom. The van der Waals surface area contributed by atoms with Gasteiger partial charge in [-0.15, -0.1) is 0 Å². The first kappa shape index (κ1) is 24.4. The fourth-order valence-corrected chi connectivity index (χ4v) is 3.38. The van der Waals surface area contributed by atoms with E-state index in [4.69, 9.17) is 11.0 Å². The van der Waals surface area contributed by atoms with E-state index in [9.17, 15) is 0 Å². The first-order chi connectivity index (χ1) is 13.6. The number of aromatic nitrogens is 3. The summed E-state index contributed by atoms with van der Waals surface area (Å²) >= 11 is 3.37. The van der Waals surface area contributed by atoms with Gasteiger partial charge in [-0.05, 0) is 83.5 Å². The molecule has 0 atom stereocenters. The molecule has 0 spiro atoms. The van der Waals surface area contributed by atoms with E-state index in [1.165, 1.54) is 0 Å². The molecule has 0 bridgehead atoms. The van der Waals surface area contributed by atoms with Crippen LogP contribution >= 0.6 is 15.9 Å². The Kier molecular flexibility index (Phi) is 10.1. The van der Waals surface area contributed by atoms with Crippen molar-refractivity contribution in [2.45, 2.75) is 48.1 Å². The number of nitriles is 1. The first-order valence-corrected chi connectivity index (χ1v) is 10.0. The monoisotopic (exact) mass is 453 g/mol. The van der Waals surface area contributed by atoms with E-state index in [1.54, 1.807) is 12.1 Å². The van der Waals surface area contributed by atoms with Gasteiger partial charge in [-0.2, -0.15) is 5.26 Å². The highest BCUT2D eigenvalue weighted by atomic mass is 79.9. The van der Waals surface area contributed by atoms with Gasteiger partial charge in [0.15, 0.2) is 0 Å². The van der Waals surface area contributed by atoms with Crippen LogP contribution in [0.15, 0.2) is 40.9 Å². The van der Waals surface area contributed by atoms with Crippen LogP contribution in [0.5, 0.6) is 0 Å². The van der Waals surface area contributed by atoms with Crippen LogP contribution in [0.1, 0.15) is 45.3 Å². The fourth-order valence-electron chi connectivity index (χ4n) is 2.72. The van der Waals surface area contributed by atoms with Crippen LogP contribution < -0.4 is 5.73 Å². The lowest BCUT2D eigenvalue weighted by atomic mass is 10.2. The van der Waals surface area contributed by atoms with Crippen molar-refractivity contribution in [1.82, 2.24) is 15.0 Å². The van der Waals surface area contributed by atoms with Crippen molar-refractivity contribution in [3.63, 3.8) is 0 Å². The summed E-state index contributed by atoms with van der Waals surface area (Å²) in [6.07, 6.45) is 0. The molecule has 6 heteroatoms. The summed E-state index contributed by atoms with van der Waals surface area (Å²) in [5.41, 5.74) is 13.3. The largest absolute Gasteiger partial charge is 0.326 e. The van der Waals surface area contributed by atoms with Crippen LogP contribution in [-0.4, -0.2) is 15.0 Å². The fraction of sp³-hybridized carbons (Fsp3) is 0.304. The molecule has 0 amide bonds. The molecule has 0 unspecified atom stereocenters. The Morgan fingerprint density at radius 3 is 1.38 bits per heavy atom. The molecule has 3 heterocycles. The van der Waals surface area contributed by atoms with E-state index < -0.39 is 0 Å². The molecule has 0 aliphatic heterocycles. The van der Waals surface area contributed by atoms with Crippen LogP contribution in [0.4, 0.5) is 0 Å². The maximum atomic E-state index is 8.51.